The fourth-order valence-electron chi connectivity index (χ4n) is 3.35. The van der Waals surface area contributed by atoms with E-state index in [2.05, 4.69) is 22.6 Å². The van der Waals surface area contributed by atoms with Crippen LogP contribution < -0.4 is 10.6 Å². The molecule has 2 amide bonds. The summed E-state index contributed by atoms with van der Waals surface area (Å²) in [6.45, 7) is 5.27. The Bertz CT molecular complexity index is 598. The van der Waals surface area contributed by atoms with Gasteiger partial charge in [-0.05, 0) is 50.1 Å². The standard InChI is InChI=1S/C20H30ClN3O2/c1-14(2)18(23-19(25)15-8-10-16(21)11-9-15)20(26)22-12-13-24(3)17-6-4-5-7-17/h8-11,14,17-18H,4-7,12-13H2,1-3H3,(H,22,26)(H,23,25). The lowest BCUT2D eigenvalue weighted by Crippen LogP contribution is -2.51. The monoisotopic (exact) mass is 379 g/mol. The van der Waals surface area contributed by atoms with Crippen molar-refractivity contribution < 1.29 is 9.59 Å². The maximum absolute atomic E-state index is 12.5. The summed E-state index contributed by atoms with van der Waals surface area (Å²) in [7, 11) is 2.12. The maximum atomic E-state index is 12.5. The van der Waals surface area contributed by atoms with Crippen LogP contribution >= 0.6 is 11.6 Å². The predicted molar refractivity (Wildman–Crippen MR) is 105 cm³/mol. The van der Waals surface area contributed by atoms with E-state index in [9.17, 15) is 9.59 Å². The molecule has 0 radical (unpaired) electrons. The van der Waals surface area contributed by atoms with Crippen LogP contribution in [0.1, 0.15) is 49.9 Å². The number of rotatable bonds is 8. The van der Waals surface area contributed by atoms with E-state index in [1.54, 1.807) is 24.3 Å². The normalized spacial score (nSPS) is 16.1. The minimum atomic E-state index is -0.560. The first-order valence-corrected chi connectivity index (χ1v) is 9.80. The number of likely N-dealkylation sites (N-methyl/N-ethyl adjacent to an activating group) is 1. The highest BCUT2D eigenvalue weighted by molar-refractivity contribution is 6.30. The average molecular weight is 380 g/mol. The SMILES string of the molecule is CC(C)C(NC(=O)c1ccc(Cl)cc1)C(=O)NCCN(C)C1CCCC1. The zero-order chi connectivity index (χ0) is 19.1. The Morgan fingerprint density at radius 1 is 1.19 bits per heavy atom. The lowest BCUT2D eigenvalue weighted by Gasteiger charge is -2.25. The second-order valence-corrected chi connectivity index (χ2v) is 7.85. The number of benzene rings is 1. The molecule has 1 saturated carbocycles. The van der Waals surface area contributed by atoms with Gasteiger partial charge in [-0.2, -0.15) is 0 Å². The van der Waals surface area contributed by atoms with Gasteiger partial charge in [0.2, 0.25) is 5.91 Å². The first-order chi connectivity index (χ1) is 12.4. The molecule has 0 aromatic heterocycles. The van der Waals surface area contributed by atoms with Gasteiger partial charge in [0, 0.05) is 29.7 Å². The quantitative estimate of drug-likeness (QED) is 0.729. The van der Waals surface area contributed by atoms with Crippen LogP contribution in [-0.4, -0.2) is 48.9 Å². The van der Waals surface area contributed by atoms with E-state index in [0.29, 0.717) is 23.2 Å². The first-order valence-electron chi connectivity index (χ1n) is 9.43. The van der Waals surface area contributed by atoms with E-state index < -0.39 is 6.04 Å². The molecule has 2 rings (SSSR count). The van der Waals surface area contributed by atoms with Crippen molar-refractivity contribution in [1.29, 1.82) is 0 Å². The molecule has 0 heterocycles. The Morgan fingerprint density at radius 2 is 1.81 bits per heavy atom. The lowest BCUT2D eigenvalue weighted by molar-refractivity contribution is -0.124. The van der Waals surface area contributed by atoms with E-state index in [1.165, 1.54) is 25.7 Å². The van der Waals surface area contributed by atoms with Crippen molar-refractivity contribution in [2.75, 3.05) is 20.1 Å². The van der Waals surface area contributed by atoms with Crippen molar-refractivity contribution in [2.24, 2.45) is 5.92 Å². The van der Waals surface area contributed by atoms with Crippen LogP contribution in [0.3, 0.4) is 0 Å². The van der Waals surface area contributed by atoms with Crippen LogP contribution in [0.25, 0.3) is 0 Å². The third-order valence-corrected chi connectivity index (χ3v) is 5.31. The molecule has 0 spiro atoms. The molecule has 1 aromatic rings. The van der Waals surface area contributed by atoms with E-state index >= 15 is 0 Å². The zero-order valence-corrected chi connectivity index (χ0v) is 16.7. The average Bonchev–Trinajstić information content (AvgIpc) is 3.14. The number of amides is 2. The number of carbonyl (C=O) groups excluding carboxylic acids is 2. The summed E-state index contributed by atoms with van der Waals surface area (Å²) in [6.07, 6.45) is 5.09. The summed E-state index contributed by atoms with van der Waals surface area (Å²) in [5, 5.41) is 6.38. The van der Waals surface area contributed by atoms with Gasteiger partial charge in [0.1, 0.15) is 6.04 Å². The van der Waals surface area contributed by atoms with E-state index in [0.717, 1.165) is 6.54 Å². The van der Waals surface area contributed by atoms with Crippen molar-refractivity contribution in [3.8, 4) is 0 Å². The molecule has 1 aliphatic rings. The molecule has 1 aliphatic carbocycles. The topological polar surface area (TPSA) is 61.4 Å². The van der Waals surface area contributed by atoms with E-state index in [4.69, 9.17) is 11.6 Å². The second-order valence-electron chi connectivity index (χ2n) is 7.41. The summed E-state index contributed by atoms with van der Waals surface area (Å²) in [5.41, 5.74) is 0.494. The summed E-state index contributed by atoms with van der Waals surface area (Å²) in [4.78, 5) is 27.3. The molecule has 6 heteroatoms. The van der Waals surface area contributed by atoms with E-state index in [1.807, 2.05) is 13.8 Å². The largest absolute Gasteiger partial charge is 0.353 e. The van der Waals surface area contributed by atoms with Crippen molar-refractivity contribution in [3.05, 3.63) is 34.9 Å². The van der Waals surface area contributed by atoms with Crippen molar-refractivity contribution in [2.45, 2.75) is 51.6 Å². The van der Waals surface area contributed by atoms with Gasteiger partial charge in [0.15, 0.2) is 0 Å². The Labute approximate surface area is 161 Å². The Hall–Kier alpha value is -1.59. The lowest BCUT2D eigenvalue weighted by atomic mass is 10.0. The molecule has 2 N–H and O–H groups in total. The Kier molecular flexibility index (Phi) is 7.91. The number of hydrogen-bond acceptors (Lipinski definition) is 3. The van der Waals surface area contributed by atoms with Crippen LogP contribution in [0.15, 0.2) is 24.3 Å². The van der Waals surface area contributed by atoms with E-state index in [-0.39, 0.29) is 17.7 Å². The molecule has 0 bridgehead atoms. The number of carbonyl (C=O) groups is 2. The third kappa shape index (κ3) is 5.99. The molecule has 1 atom stereocenters. The molecule has 0 aliphatic heterocycles. The van der Waals surface area contributed by atoms with Crippen LogP contribution in [0.5, 0.6) is 0 Å². The van der Waals surface area contributed by atoms with Gasteiger partial charge in [-0.15, -0.1) is 0 Å². The van der Waals surface area contributed by atoms with Crippen molar-refractivity contribution in [1.82, 2.24) is 15.5 Å². The number of nitrogens with zero attached hydrogens (tertiary/aromatic N) is 1. The highest BCUT2D eigenvalue weighted by atomic mass is 35.5. The first kappa shape index (κ1) is 20.7. The van der Waals surface area contributed by atoms with Crippen LogP contribution in [-0.2, 0) is 4.79 Å². The second kappa shape index (κ2) is 9.93. The van der Waals surface area contributed by atoms with Gasteiger partial charge in [-0.25, -0.2) is 0 Å². The summed E-state index contributed by atoms with van der Waals surface area (Å²) in [5.74, 6) is -0.403. The summed E-state index contributed by atoms with van der Waals surface area (Å²) < 4.78 is 0. The summed E-state index contributed by atoms with van der Waals surface area (Å²) >= 11 is 5.85. The fourth-order valence-corrected chi connectivity index (χ4v) is 3.48. The number of hydrogen-bond donors (Lipinski definition) is 2. The Balaban J connectivity index is 1.84. The predicted octanol–water partition coefficient (Wildman–Crippen LogP) is 3.09. The van der Waals surface area contributed by atoms with Gasteiger partial charge in [-0.3, -0.25) is 9.59 Å². The van der Waals surface area contributed by atoms with Crippen molar-refractivity contribution in [3.63, 3.8) is 0 Å². The fraction of sp³-hybridized carbons (Fsp3) is 0.600. The van der Waals surface area contributed by atoms with Gasteiger partial charge >= 0.3 is 0 Å². The molecule has 1 fully saturated rings. The molecule has 1 aromatic carbocycles. The van der Waals surface area contributed by atoms with Gasteiger partial charge in [-0.1, -0.05) is 38.3 Å². The van der Waals surface area contributed by atoms with Crippen LogP contribution in [0, 0.1) is 5.92 Å². The van der Waals surface area contributed by atoms with Gasteiger partial charge < -0.3 is 15.5 Å². The number of nitrogens with one attached hydrogen (secondary N) is 2. The highest BCUT2D eigenvalue weighted by Crippen LogP contribution is 2.21. The zero-order valence-electron chi connectivity index (χ0n) is 15.9. The molecule has 0 saturated heterocycles. The minimum absolute atomic E-state index is 0.00110. The smallest absolute Gasteiger partial charge is 0.251 e. The summed E-state index contributed by atoms with van der Waals surface area (Å²) in [6, 6.07) is 6.72. The third-order valence-electron chi connectivity index (χ3n) is 5.05. The molecule has 5 nitrogen and oxygen atoms in total. The maximum Gasteiger partial charge on any atom is 0.251 e. The molecule has 26 heavy (non-hydrogen) atoms. The number of halogens is 1. The highest BCUT2D eigenvalue weighted by Gasteiger charge is 2.25. The van der Waals surface area contributed by atoms with Gasteiger partial charge in [0.05, 0.1) is 0 Å². The molecular weight excluding hydrogens is 350 g/mol. The van der Waals surface area contributed by atoms with Crippen LogP contribution in [0.2, 0.25) is 5.02 Å². The minimum Gasteiger partial charge on any atom is -0.353 e. The Morgan fingerprint density at radius 3 is 2.38 bits per heavy atom. The van der Waals surface area contributed by atoms with Gasteiger partial charge in [0.25, 0.3) is 5.91 Å². The molecule has 1 unspecified atom stereocenters. The molecular formula is C20H30ClN3O2. The van der Waals surface area contributed by atoms with Crippen LogP contribution in [0.4, 0.5) is 0 Å². The van der Waals surface area contributed by atoms with Crippen molar-refractivity contribution >= 4 is 23.4 Å². The molecule has 144 valence electrons.